The molecular formula is C19H30N4O. The molecule has 1 amide bonds. The first-order chi connectivity index (χ1) is 11.7. The largest absolute Gasteiger partial charge is 0.357 e. The van der Waals surface area contributed by atoms with Gasteiger partial charge >= 0.3 is 0 Å². The third-order valence-corrected chi connectivity index (χ3v) is 4.12. The van der Waals surface area contributed by atoms with Crippen LogP contribution in [0.15, 0.2) is 29.3 Å². The Kier molecular flexibility index (Phi) is 7.59. The quantitative estimate of drug-likeness (QED) is 0.438. The van der Waals surface area contributed by atoms with Crippen LogP contribution < -0.4 is 10.6 Å². The number of aliphatic imine (C=N–C) groups is 1. The van der Waals surface area contributed by atoms with Gasteiger partial charge in [0.05, 0.1) is 6.54 Å². The van der Waals surface area contributed by atoms with Crippen molar-refractivity contribution in [2.45, 2.75) is 52.6 Å². The van der Waals surface area contributed by atoms with Crippen molar-refractivity contribution in [2.75, 3.05) is 19.6 Å². The van der Waals surface area contributed by atoms with Gasteiger partial charge in [-0.1, -0.05) is 37.6 Å². The summed E-state index contributed by atoms with van der Waals surface area (Å²) in [6, 6.07) is 8.39. The molecular weight excluding hydrogens is 300 g/mol. The molecule has 0 spiro atoms. The summed E-state index contributed by atoms with van der Waals surface area (Å²) in [5.74, 6) is 1.14. The monoisotopic (exact) mass is 330 g/mol. The molecule has 2 N–H and O–H groups in total. The number of rotatable bonds is 8. The smallest absolute Gasteiger partial charge is 0.222 e. The summed E-state index contributed by atoms with van der Waals surface area (Å²) in [5.41, 5.74) is 2.36. The van der Waals surface area contributed by atoms with Gasteiger partial charge in [0.2, 0.25) is 5.91 Å². The Morgan fingerprint density at radius 3 is 2.79 bits per heavy atom. The Morgan fingerprint density at radius 1 is 1.25 bits per heavy atom. The maximum absolute atomic E-state index is 11.8. The minimum atomic E-state index is 0.271. The van der Waals surface area contributed by atoms with Crippen molar-refractivity contribution in [1.82, 2.24) is 15.5 Å². The summed E-state index contributed by atoms with van der Waals surface area (Å²) < 4.78 is 0. The summed E-state index contributed by atoms with van der Waals surface area (Å²) in [7, 11) is 0. The number of hydrogen-bond donors (Lipinski definition) is 2. The van der Waals surface area contributed by atoms with Crippen LogP contribution in [0, 0.1) is 0 Å². The van der Waals surface area contributed by atoms with E-state index in [-0.39, 0.29) is 5.91 Å². The van der Waals surface area contributed by atoms with E-state index in [1.54, 1.807) is 0 Å². The molecule has 24 heavy (non-hydrogen) atoms. The van der Waals surface area contributed by atoms with Gasteiger partial charge in [0.15, 0.2) is 5.96 Å². The molecule has 0 radical (unpaired) electrons. The molecule has 1 heterocycles. The van der Waals surface area contributed by atoms with Crippen molar-refractivity contribution in [3.05, 3.63) is 35.4 Å². The van der Waals surface area contributed by atoms with Gasteiger partial charge in [0.25, 0.3) is 0 Å². The van der Waals surface area contributed by atoms with E-state index >= 15 is 0 Å². The van der Waals surface area contributed by atoms with Crippen LogP contribution in [-0.4, -0.2) is 36.4 Å². The van der Waals surface area contributed by atoms with Crippen LogP contribution >= 0.6 is 0 Å². The molecule has 1 aromatic rings. The number of likely N-dealkylation sites (tertiary alicyclic amines) is 1. The molecule has 5 heteroatoms. The highest BCUT2D eigenvalue weighted by Gasteiger charge is 2.19. The fourth-order valence-electron chi connectivity index (χ4n) is 2.81. The predicted octanol–water partition coefficient (Wildman–Crippen LogP) is 2.66. The molecule has 1 aliphatic rings. The molecule has 2 rings (SSSR count). The number of unbranched alkanes of at least 4 members (excludes halogenated alkanes) is 1. The Balaban J connectivity index is 1.94. The zero-order valence-corrected chi connectivity index (χ0v) is 15.0. The van der Waals surface area contributed by atoms with E-state index in [9.17, 15) is 4.79 Å². The lowest BCUT2D eigenvalue weighted by Gasteiger charge is -2.16. The molecule has 5 nitrogen and oxygen atoms in total. The minimum absolute atomic E-state index is 0.271. The highest BCUT2D eigenvalue weighted by molar-refractivity contribution is 5.79. The summed E-state index contributed by atoms with van der Waals surface area (Å²) >= 11 is 0. The van der Waals surface area contributed by atoms with Gasteiger partial charge in [0.1, 0.15) is 0 Å². The van der Waals surface area contributed by atoms with Gasteiger partial charge in [-0.15, -0.1) is 0 Å². The van der Waals surface area contributed by atoms with Gasteiger partial charge in [-0.3, -0.25) is 4.79 Å². The lowest BCUT2D eigenvalue weighted by atomic mass is 10.1. The van der Waals surface area contributed by atoms with Gasteiger partial charge in [-0.05, 0) is 30.9 Å². The first-order valence-corrected chi connectivity index (χ1v) is 9.10. The topological polar surface area (TPSA) is 56.7 Å². The van der Waals surface area contributed by atoms with Gasteiger partial charge < -0.3 is 15.5 Å². The first-order valence-electron chi connectivity index (χ1n) is 9.10. The normalized spacial score (nSPS) is 15.0. The second-order valence-electron chi connectivity index (χ2n) is 6.21. The third kappa shape index (κ3) is 5.87. The van der Waals surface area contributed by atoms with Gasteiger partial charge in [-0.25, -0.2) is 4.99 Å². The summed E-state index contributed by atoms with van der Waals surface area (Å²) in [6.45, 7) is 8.29. The Hall–Kier alpha value is -2.04. The number of benzene rings is 1. The van der Waals surface area contributed by atoms with Crippen LogP contribution in [-0.2, 0) is 17.9 Å². The van der Waals surface area contributed by atoms with Crippen LogP contribution in [0.5, 0.6) is 0 Å². The molecule has 1 fully saturated rings. The average Bonchev–Trinajstić information content (AvgIpc) is 2.98. The maximum Gasteiger partial charge on any atom is 0.222 e. The number of carbonyl (C=O) groups excluding carboxylic acids is 1. The van der Waals surface area contributed by atoms with Gasteiger partial charge in [-0.2, -0.15) is 0 Å². The predicted molar refractivity (Wildman–Crippen MR) is 98.8 cm³/mol. The summed E-state index contributed by atoms with van der Waals surface area (Å²) in [5, 5.41) is 6.63. The summed E-state index contributed by atoms with van der Waals surface area (Å²) in [6.07, 6.45) is 3.99. The molecule has 0 bridgehead atoms. The third-order valence-electron chi connectivity index (χ3n) is 4.12. The van der Waals surface area contributed by atoms with Gasteiger partial charge in [0, 0.05) is 32.6 Å². The molecule has 1 aromatic carbocycles. The van der Waals surface area contributed by atoms with E-state index in [0.717, 1.165) is 38.4 Å². The fraction of sp³-hybridized carbons (Fsp3) is 0.579. The first kappa shape index (κ1) is 18.3. The van der Waals surface area contributed by atoms with Crippen molar-refractivity contribution in [3.63, 3.8) is 0 Å². The van der Waals surface area contributed by atoms with Crippen LogP contribution in [0.2, 0.25) is 0 Å². The van der Waals surface area contributed by atoms with Crippen molar-refractivity contribution >= 4 is 11.9 Å². The summed E-state index contributed by atoms with van der Waals surface area (Å²) in [4.78, 5) is 18.4. The molecule has 0 aliphatic carbocycles. The van der Waals surface area contributed by atoms with E-state index in [1.807, 2.05) is 4.90 Å². The zero-order valence-electron chi connectivity index (χ0n) is 15.0. The second-order valence-corrected chi connectivity index (χ2v) is 6.21. The number of amides is 1. The van der Waals surface area contributed by atoms with Crippen molar-refractivity contribution in [1.29, 1.82) is 0 Å². The van der Waals surface area contributed by atoms with Crippen LogP contribution in [0.1, 0.15) is 50.7 Å². The zero-order chi connectivity index (χ0) is 17.2. The highest BCUT2D eigenvalue weighted by atomic mass is 16.2. The minimum Gasteiger partial charge on any atom is -0.357 e. The molecule has 132 valence electrons. The number of hydrogen-bond acceptors (Lipinski definition) is 2. The number of nitrogens with zero attached hydrogens (tertiary/aromatic N) is 2. The lowest BCUT2D eigenvalue weighted by molar-refractivity contribution is -0.128. The second kappa shape index (κ2) is 9.96. The Bertz CT molecular complexity index is 556. The maximum atomic E-state index is 11.8. The standard InChI is InChI=1S/C19H30N4O/c1-3-5-11-21-19(20-4-2)22-14-16-8-6-9-17(13-16)15-23-12-7-10-18(23)24/h6,8-9,13H,3-5,7,10-12,14-15H2,1-2H3,(H2,20,21,22). The Labute approximate surface area is 145 Å². The molecule has 0 atom stereocenters. The van der Waals surface area contributed by atoms with Crippen molar-refractivity contribution in [2.24, 2.45) is 4.99 Å². The lowest BCUT2D eigenvalue weighted by Crippen LogP contribution is -2.37. The van der Waals surface area contributed by atoms with Crippen molar-refractivity contribution in [3.8, 4) is 0 Å². The van der Waals surface area contributed by atoms with Crippen LogP contribution in [0.3, 0.4) is 0 Å². The van der Waals surface area contributed by atoms with E-state index in [4.69, 9.17) is 0 Å². The number of guanidine groups is 1. The van der Waals surface area contributed by atoms with E-state index in [1.165, 1.54) is 17.5 Å². The molecule has 0 unspecified atom stereocenters. The van der Waals surface area contributed by atoms with Crippen LogP contribution in [0.25, 0.3) is 0 Å². The SMILES string of the molecule is CCCCNC(=NCc1cccc(CN2CCCC2=O)c1)NCC. The van der Waals surface area contributed by atoms with Crippen LogP contribution in [0.4, 0.5) is 0 Å². The highest BCUT2D eigenvalue weighted by Crippen LogP contribution is 2.15. The number of nitrogens with one attached hydrogen (secondary N) is 2. The van der Waals surface area contributed by atoms with Crippen molar-refractivity contribution < 1.29 is 4.79 Å². The van der Waals surface area contributed by atoms with E-state index < -0.39 is 0 Å². The fourth-order valence-corrected chi connectivity index (χ4v) is 2.81. The Morgan fingerprint density at radius 2 is 2.08 bits per heavy atom. The molecule has 0 aromatic heterocycles. The molecule has 1 saturated heterocycles. The number of carbonyl (C=O) groups is 1. The molecule has 1 aliphatic heterocycles. The van der Waals surface area contributed by atoms with E-state index in [0.29, 0.717) is 19.5 Å². The average molecular weight is 330 g/mol. The van der Waals surface area contributed by atoms with E-state index in [2.05, 4.69) is 53.7 Å². The molecule has 0 saturated carbocycles.